The molecule has 0 aromatic heterocycles. The number of ether oxygens (including phenoxy) is 3. The van der Waals surface area contributed by atoms with Gasteiger partial charge in [0.1, 0.15) is 24.2 Å². The number of aliphatic hydroxyl groups is 1. The summed E-state index contributed by atoms with van der Waals surface area (Å²) in [5.41, 5.74) is 4.18. The summed E-state index contributed by atoms with van der Waals surface area (Å²) < 4.78 is 17.9. The fraction of sp³-hybridized carbons (Fsp3) is 0.243. The number of fused-ring (bicyclic) bond motifs is 1. The molecule has 2 aliphatic heterocycles. The van der Waals surface area contributed by atoms with Crippen LogP contribution < -0.4 is 14.2 Å². The number of carbonyl (C=O) groups excluding carboxylic acids is 2. The molecule has 0 saturated carbocycles. The number of rotatable bonds is 10. The first-order valence-electron chi connectivity index (χ1n) is 15.0. The fourth-order valence-electron chi connectivity index (χ4n) is 5.89. The lowest BCUT2D eigenvalue weighted by Crippen LogP contribution is -2.31. The van der Waals surface area contributed by atoms with Gasteiger partial charge < -0.3 is 24.2 Å². The topological polar surface area (TPSA) is 85.3 Å². The molecular formula is C37H35NO6. The van der Waals surface area contributed by atoms with E-state index in [1.54, 1.807) is 29.2 Å². The van der Waals surface area contributed by atoms with E-state index in [9.17, 15) is 14.7 Å². The van der Waals surface area contributed by atoms with Crippen LogP contribution in [0.4, 0.5) is 0 Å². The summed E-state index contributed by atoms with van der Waals surface area (Å²) in [6, 6.07) is 29.7. The van der Waals surface area contributed by atoms with Crippen molar-refractivity contribution < 1.29 is 28.9 Å². The predicted molar refractivity (Wildman–Crippen MR) is 168 cm³/mol. The van der Waals surface area contributed by atoms with E-state index in [0.717, 1.165) is 22.4 Å². The summed E-state index contributed by atoms with van der Waals surface area (Å²) in [6.07, 6.45) is 1.29. The number of hydrogen-bond donors (Lipinski definition) is 1. The molecule has 0 bridgehead atoms. The molecule has 44 heavy (non-hydrogen) atoms. The van der Waals surface area contributed by atoms with Gasteiger partial charge in [-0.3, -0.25) is 9.59 Å². The van der Waals surface area contributed by atoms with Crippen LogP contribution in [0.5, 0.6) is 17.2 Å². The van der Waals surface area contributed by atoms with Crippen LogP contribution in [0.2, 0.25) is 0 Å². The zero-order valence-electron chi connectivity index (χ0n) is 24.9. The maximum absolute atomic E-state index is 13.7. The normalized spacial score (nSPS) is 18.6. The Morgan fingerprint density at radius 1 is 0.886 bits per heavy atom. The van der Waals surface area contributed by atoms with Gasteiger partial charge in [0.15, 0.2) is 11.5 Å². The smallest absolute Gasteiger partial charge is 0.295 e. The molecule has 224 valence electrons. The van der Waals surface area contributed by atoms with Crippen molar-refractivity contribution in [2.45, 2.75) is 45.4 Å². The van der Waals surface area contributed by atoms with E-state index in [4.69, 9.17) is 14.2 Å². The SMILES string of the molecule is CCOc1cc([C@@H]2/C(=C(\O)c3ccc4c(c3)C[C@@H](C)O4)C(=O)C(=O)N2CCc2ccccc2)ccc1OCc1ccccc1. The number of ketones is 1. The predicted octanol–water partition coefficient (Wildman–Crippen LogP) is 6.65. The summed E-state index contributed by atoms with van der Waals surface area (Å²) in [7, 11) is 0. The summed E-state index contributed by atoms with van der Waals surface area (Å²) >= 11 is 0. The third-order valence-electron chi connectivity index (χ3n) is 8.01. The first kappa shape index (κ1) is 29.1. The van der Waals surface area contributed by atoms with E-state index in [1.807, 2.05) is 86.6 Å². The highest BCUT2D eigenvalue weighted by molar-refractivity contribution is 6.46. The van der Waals surface area contributed by atoms with Crippen molar-refractivity contribution in [3.05, 3.63) is 130 Å². The highest BCUT2D eigenvalue weighted by Gasteiger charge is 2.46. The minimum Gasteiger partial charge on any atom is -0.507 e. The Kier molecular flexibility index (Phi) is 8.37. The van der Waals surface area contributed by atoms with E-state index in [2.05, 4.69) is 0 Å². The molecule has 6 rings (SSSR count). The molecule has 0 radical (unpaired) electrons. The Bertz CT molecular complexity index is 1700. The molecule has 1 fully saturated rings. The number of hydrogen-bond acceptors (Lipinski definition) is 6. The largest absolute Gasteiger partial charge is 0.507 e. The van der Waals surface area contributed by atoms with E-state index in [-0.39, 0.29) is 17.4 Å². The summed E-state index contributed by atoms with van der Waals surface area (Å²) in [5.74, 6) is 0.245. The molecule has 7 nitrogen and oxygen atoms in total. The average molecular weight is 590 g/mol. The molecule has 1 amide bonds. The molecule has 0 unspecified atom stereocenters. The lowest BCUT2D eigenvalue weighted by atomic mass is 9.94. The summed E-state index contributed by atoms with van der Waals surface area (Å²) in [4.78, 5) is 28.8. The van der Waals surface area contributed by atoms with Crippen molar-refractivity contribution in [3.63, 3.8) is 0 Å². The third-order valence-corrected chi connectivity index (χ3v) is 8.01. The molecular weight excluding hydrogens is 554 g/mol. The maximum Gasteiger partial charge on any atom is 0.295 e. The van der Waals surface area contributed by atoms with Gasteiger partial charge in [-0.15, -0.1) is 0 Å². The van der Waals surface area contributed by atoms with Gasteiger partial charge in [0.25, 0.3) is 11.7 Å². The molecule has 2 aliphatic rings. The second-order valence-electron chi connectivity index (χ2n) is 11.1. The van der Waals surface area contributed by atoms with Crippen LogP contribution in [0, 0.1) is 0 Å². The highest BCUT2D eigenvalue weighted by Crippen LogP contribution is 2.43. The molecule has 0 spiro atoms. The minimum atomic E-state index is -0.815. The molecule has 4 aromatic rings. The van der Waals surface area contributed by atoms with E-state index in [1.165, 1.54) is 0 Å². The van der Waals surface area contributed by atoms with Gasteiger partial charge >= 0.3 is 0 Å². The van der Waals surface area contributed by atoms with Crippen molar-refractivity contribution in [2.24, 2.45) is 0 Å². The zero-order chi connectivity index (χ0) is 30.6. The van der Waals surface area contributed by atoms with Crippen molar-refractivity contribution >= 4 is 17.4 Å². The van der Waals surface area contributed by atoms with Crippen LogP contribution in [0.25, 0.3) is 5.76 Å². The Morgan fingerprint density at radius 3 is 2.34 bits per heavy atom. The maximum atomic E-state index is 13.7. The minimum absolute atomic E-state index is 0.0329. The van der Waals surface area contributed by atoms with Gasteiger partial charge in [0.2, 0.25) is 0 Å². The second kappa shape index (κ2) is 12.7. The Hall–Kier alpha value is -5.04. The van der Waals surface area contributed by atoms with Crippen LogP contribution in [0.1, 0.15) is 47.7 Å². The molecule has 7 heteroatoms. The lowest BCUT2D eigenvalue weighted by molar-refractivity contribution is -0.139. The Balaban J connectivity index is 1.40. The fourth-order valence-corrected chi connectivity index (χ4v) is 5.89. The number of carbonyl (C=O) groups is 2. The Labute approximate surface area is 257 Å². The van der Waals surface area contributed by atoms with Gasteiger partial charge in [-0.1, -0.05) is 66.7 Å². The molecule has 2 atom stereocenters. The number of aliphatic hydroxyl groups excluding tert-OH is 1. The van der Waals surface area contributed by atoms with Gasteiger partial charge in [0.05, 0.1) is 18.2 Å². The number of amides is 1. The van der Waals surface area contributed by atoms with E-state index in [0.29, 0.717) is 55.2 Å². The number of Topliss-reactive ketones (excluding diaryl/α,β-unsaturated/α-hetero) is 1. The van der Waals surface area contributed by atoms with Gasteiger partial charge in [-0.05, 0) is 72.9 Å². The van der Waals surface area contributed by atoms with Crippen molar-refractivity contribution in [1.29, 1.82) is 0 Å². The lowest BCUT2D eigenvalue weighted by Gasteiger charge is -2.26. The highest BCUT2D eigenvalue weighted by atomic mass is 16.5. The number of benzene rings is 4. The van der Waals surface area contributed by atoms with Crippen LogP contribution in [0.3, 0.4) is 0 Å². The first-order chi connectivity index (χ1) is 21.4. The van der Waals surface area contributed by atoms with Crippen molar-refractivity contribution in [1.82, 2.24) is 4.90 Å². The van der Waals surface area contributed by atoms with Crippen LogP contribution in [-0.2, 0) is 29.0 Å². The summed E-state index contributed by atoms with van der Waals surface area (Å²) in [5, 5.41) is 11.7. The number of likely N-dealkylation sites (tertiary alicyclic amines) is 1. The molecule has 1 saturated heterocycles. The molecule has 1 N–H and O–H groups in total. The van der Waals surface area contributed by atoms with Gasteiger partial charge in [-0.25, -0.2) is 0 Å². The number of nitrogens with zero attached hydrogens (tertiary/aromatic N) is 1. The quantitative estimate of drug-likeness (QED) is 0.127. The van der Waals surface area contributed by atoms with Crippen LogP contribution >= 0.6 is 0 Å². The molecule has 0 aliphatic carbocycles. The molecule has 2 heterocycles. The van der Waals surface area contributed by atoms with Gasteiger partial charge in [-0.2, -0.15) is 0 Å². The third kappa shape index (κ3) is 5.91. The van der Waals surface area contributed by atoms with Gasteiger partial charge in [0, 0.05) is 18.5 Å². The van der Waals surface area contributed by atoms with E-state index >= 15 is 0 Å². The Morgan fingerprint density at radius 2 is 1.61 bits per heavy atom. The average Bonchev–Trinajstić information content (AvgIpc) is 3.54. The van der Waals surface area contributed by atoms with E-state index < -0.39 is 17.7 Å². The van der Waals surface area contributed by atoms with Crippen molar-refractivity contribution in [2.75, 3.05) is 13.2 Å². The zero-order valence-corrected chi connectivity index (χ0v) is 24.9. The van der Waals surface area contributed by atoms with Crippen LogP contribution in [0.15, 0.2) is 103 Å². The van der Waals surface area contributed by atoms with Crippen molar-refractivity contribution in [3.8, 4) is 17.2 Å². The standard InChI is InChI=1S/C37H35NO6/c1-3-42-32-22-27(14-17-31(32)43-23-26-12-8-5-9-13-26)34-33(35(39)28-15-16-30-29(21-28)20-24(2)44-30)36(40)37(41)38(34)19-18-25-10-6-4-7-11-25/h4-17,21-22,24,34,39H,3,18-20,23H2,1-2H3/b35-33+/t24-,34-/m1/s1. The second-order valence-corrected chi connectivity index (χ2v) is 11.1. The molecule has 4 aromatic carbocycles. The summed E-state index contributed by atoms with van der Waals surface area (Å²) in [6.45, 7) is 4.92. The monoisotopic (exact) mass is 589 g/mol. The van der Waals surface area contributed by atoms with Crippen LogP contribution in [-0.4, -0.2) is 41.0 Å². The first-order valence-corrected chi connectivity index (χ1v) is 15.0.